The van der Waals surface area contributed by atoms with Gasteiger partial charge in [-0.05, 0) is 31.7 Å². The highest BCUT2D eigenvalue weighted by Crippen LogP contribution is 2.18. The van der Waals surface area contributed by atoms with Gasteiger partial charge in [0.15, 0.2) is 0 Å². The molecule has 0 saturated carbocycles. The van der Waals surface area contributed by atoms with Crippen molar-refractivity contribution in [1.29, 1.82) is 0 Å². The summed E-state index contributed by atoms with van der Waals surface area (Å²) < 4.78 is 34.5. The first-order chi connectivity index (χ1) is 13.5. The smallest absolute Gasteiger partial charge is 0.279 e. The van der Waals surface area contributed by atoms with Crippen molar-refractivity contribution < 1.29 is 13.2 Å². The van der Waals surface area contributed by atoms with Gasteiger partial charge in [0.25, 0.3) is 10.2 Å². The van der Waals surface area contributed by atoms with Crippen LogP contribution in [0.2, 0.25) is 0 Å². The Labute approximate surface area is 162 Å². The Morgan fingerprint density at radius 2 is 2.07 bits per heavy atom. The summed E-state index contributed by atoms with van der Waals surface area (Å²) in [4.78, 5) is 22.7. The number of anilines is 1. The van der Waals surface area contributed by atoms with Crippen molar-refractivity contribution in [3.8, 4) is 0 Å². The van der Waals surface area contributed by atoms with Gasteiger partial charge in [0, 0.05) is 49.9 Å². The molecule has 2 aliphatic rings. The van der Waals surface area contributed by atoms with Crippen LogP contribution in [0.5, 0.6) is 0 Å². The molecule has 2 saturated heterocycles. The standard InChI is InChI=1S/C17H24N6O4S/c24-15-4-3-12-10-18-17(22-16(12)21-15)20-13-5-7-23(8-6-13)28(25,26)19-11-14-2-1-9-27-14/h3-4,10,13-14,19H,1-2,5-9,11H2,(H2,18,20,21,22,24)/t14-/m1/s1. The van der Waals surface area contributed by atoms with Crippen LogP contribution in [0.3, 0.4) is 0 Å². The predicted octanol–water partition coefficient (Wildman–Crippen LogP) is 0.208. The molecule has 28 heavy (non-hydrogen) atoms. The average molecular weight is 408 g/mol. The number of aromatic amines is 1. The Balaban J connectivity index is 1.31. The van der Waals surface area contributed by atoms with Gasteiger partial charge in [-0.25, -0.2) is 4.98 Å². The molecule has 0 spiro atoms. The van der Waals surface area contributed by atoms with Crippen LogP contribution in [-0.2, 0) is 14.9 Å². The van der Waals surface area contributed by atoms with Crippen molar-refractivity contribution >= 4 is 27.2 Å². The zero-order valence-corrected chi connectivity index (χ0v) is 16.2. The number of fused-ring (bicyclic) bond motifs is 1. The van der Waals surface area contributed by atoms with Gasteiger partial charge in [0.05, 0.1) is 6.10 Å². The third kappa shape index (κ3) is 4.49. The zero-order chi connectivity index (χ0) is 19.6. The van der Waals surface area contributed by atoms with Gasteiger partial charge in [0.1, 0.15) is 5.65 Å². The summed E-state index contributed by atoms with van der Waals surface area (Å²) in [6, 6.07) is 3.17. The summed E-state index contributed by atoms with van der Waals surface area (Å²) >= 11 is 0. The van der Waals surface area contributed by atoms with Gasteiger partial charge in [-0.15, -0.1) is 0 Å². The maximum absolute atomic E-state index is 12.5. The molecule has 152 valence electrons. The molecule has 4 rings (SSSR count). The van der Waals surface area contributed by atoms with Gasteiger partial charge in [0.2, 0.25) is 11.5 Å². The number of rotatable bonds is 6. The number of nitrogens with one attached hydrogen (secondary N) is 3. The molecule has 11 heteroatoms. The predicted molar refractivity (Wildman–Crippen MR) is 104 cm³/mol. The molecule has 0 amide bonds. The molecular weight excluding hydrogens is 384 g/mol. The molecule has 1 atom stereocenters. The van der Waals surface area contributed by atoms with Crippen LogP contribution >= 0.6 is 0 Å². The lowest BCUT2D eigenvalue weighted by Gasteiger charge is -2.31. The molecule has 0 radical (unpaired) electrons. The third-order valence-corrected chi connectivity index (χ3v) is 6.69. The molecule has 2 aromatic rings. The fraction of sp³-hybridized carbons (Fsp3) is 0.588. The van der Waals surface area contributed by atoms with Crippen molar-refractivity contribution in [2.75, 3.05) is 31.6 Å². The Morgan fingerprint density at radius 3 is 2.82 bits per heavy atom. The number of H-pyrrole nitrogens is 1. The highest BCUT2D eigenvalue weighted by atomic mass is 32.2. The number of aromatic nitrogens is 3. The quantitative estimate of drug-likeness (QED) is 0.623. The van der Waals surface area contributed by atoms with Crippen LogP contribution in [0.4, 0.5) is 5.95 Å². The molecular formula is C17H24N6O4S. The van der Waals surface area contributed by atoms with Gasteiger partial charge in [-0.3, -0.25) is 4.79 Å². The van der Waals surface area contributed by atoms with Crippen LogP contribution in [0.15, 0.2) is 23.1 Å². The summed E-state index contributed by atoms with van der Waals surface area (Å²) in [5.41, 5.74) is 0.259. The summed E-state index contributed by atoms with van der Waals surface area (Å²) in [5, 5.41) is 3.99. The lowest BCUT2D eigenvalue weighted by Crippen LogP contribution is -2.48. The van der Waals surface area contributed by atoms with E-state index >= 15 is 0 Å². The Hall–Kier alpha value is -2.08. The molecule has 0 aromatic carbocycles. The Kier molecular flexibility index (Phi) is 5.58. The largest absolute Gasteiger partial charge is 0.377 e. The van der Waals surface area contributed by atoms with Gasteiger partial charge in [-0.2, -0.15) is 22.4 Å². The first kappa shape index (κ1) is 19.2. The number of hydrogen-bond donors (Lipinski definition) is 3. The van der Waals surface area contributed by atoms with Crippen LogP contribution in [0.25, 0.3) is 11.0 Å². The molecule has 2 aliphatic heterocycles. The van der Waals surface area contributed by atoms with E-state index in [9.17, 15) is 13.2 Å². The van der Waals surface area contributed by atoms with E-state index in [-0.39, 0.29) is 17.7 Å². The van der Waals surface area contributed by atoms with Crippen molar-refractivity contribution in [3.05, 3.63) is 28.7 Å². The van der Waals surface area contributed by atoms with Gasteiger partial charge in [-0.1, -0.05) is 0 Å². The number of hydrogen-bond acceptors (Lipinski definition) is 7. The van der Waals surface area contributed by atoms with Crippen LogP contribution in [0.1, 0.15) is 25.7 Å². The highest BCUT2D eigenvalue weighted by Gasteiger charge is 2.29. The normalized spacial score (nSPS) is 21.9. The monoisotopic (exact) mass is 408 g/mol. The van der Waals surface area contributed by atoms with Gasteiger partial charge >= 0.3 is 0 Å². The highest BCUT2D eigenvalue weighted by molar-refractivity contribution is 7.87. The fourth-order valence-electron chi connectivity index (χ4n) is 3.52. The van der Waals surface area contributed by atoms with Crippen LogP contribution in [-0.4, -0.2) is 66.1 Å². The molecule has 2 fully saturated rings. The van der Waals surface area contributed by atoms with E-state index in [1.54, 1.807) is 12.3 Å². The molecule has 0 aliphatic carbocycles. The minimum Gasteiger partial charge on any atom is -0.377 e. The summed E-state index contributed by atoms with van der Waals surface area (Å²) in [6.07, 6.45) is 4.79. The third-order valence-electron chi connectivity index (χ3n) is 5.12. The lowest BCUT2D eigenvalue weighted by molar-refractivity contribution is 0.114. The summed E-state index contributed by atoms with van der Waals surface area (Å²) in [6.45, 7) is 1.86. The lowest BCUT2D eigenvalue weighted by atomic mass is 10.1. The Bertz CT molecular complexity index is 981. The fourth-order valence-corrected chi connectivity index (χ4v) is 4.80. The minimum atomic E-state index is -3.50. The van der Waals surface area contributed by atoms with E-state index in [1.165, 1.54) is 10.4 Å². The van der Waals surface area contributed by atoms with E-state index in [4.69, 9.17) is 4.74 Å². The van der Waals surface area contributed by atoms with Crippen LogP contribution in [0, 0.1) is 0 Å². The second-order valence-corrected chi connectivity index (χ2v) is 8.88. The van der Waals surface area contributed by atoms with Gasteiger partial charge < -0.3 is 15.0 Å². The van der Waals surface area contributed by atoms with E-state index < -0.39 is 10.2 Å². The maximum atomic E-state index is 12.5. The van der Waals surface area contributed by atoms with E-state index in [0.29, 0.717) is 50.7 Å². The summed E-state index contributed by atoms with van der Waals surface area (Å²) in [5.74, 6) is 0.423. The minimum absolute atomic E-state index is 0.0227. The van der Waals surface area contributed by atoms with E-state index in [0.717, 1.165) is 18.2 Å². The van der Waals surface area contributed by atoms with Crippen molar-refractivity contribution in [3.63, 3.8) is 0 Å². The molecule has 0 bridgehead atoms. The van der Waals surface area contributed by atoms with E-state index in [2.05, 4.69) is 25.0 Å². The molecule has 0 unspecified atom stereocenters. The maximum Gasteiger partial charge on any atom is 0.279 e. The number of nitrogens with zero attached hydrogens (tertiary/aromatic N) is 3. The summed E-state index contributed by atoms with van der Waals surface area (Å²) in [7, 11) is -3.50. The second-order valence-electron chi connectivity index (χ2n) is 7.13. The molecule has 2 aromatic heterocycles. The Morgan fingerprint density at radius 1 is 1.25 bits per heavy atom. The van der Waals surface area contributed by atoms with E-state index in [1.807, 2.05) is 0 Å². The molecule has 4 heterocycles. The number of ether oxygens (including phenoxy) is 1. The second kappa shape index (κ2) is 8.11. The molecule has 10 nitrogen and oxygen atoms in total. The zero-order valence-electron chi connectivity index (χ0n) is 15.4. The topological polar surface area (TPSA) is 129 Å². The molecule has 3 N–H and O–H groups in total. The SMILES string of the molecule is O=c1ccc2cnc(NC3CCN(S(=O)(=O)NC[C@H]4CCCO4)CC3)nc2[nH]1. The number of pyridine rings is 1. The average Bonchev–Trinajstić information content (AvgIpc) is 3.20. The van der Waals surface area contributed by atoms with Crippen molar-refractivity contribution in [2.24, 2.45) is 0 Å². The van der Waals surface area contributed by atoms with Crippen LogP contribution < -0.4 is 15.6 Å². The van der Waals surface area contributed by atoms with Crippen molar-refractivity contribution in [2.45, 2.75) is 37.8 Å². The number of piperidine rings is 1. The first-order valence-electron chi connectivity index (χ1n) is 9.48. The van der Waals surface area contributed by atoms with Crippen molar-refractivity contribution in [1.82, 2.24) is 24.0 Å². The first-order valence-corrected chi connectivity index (χ1v) is 10.9.